The number of nitrogens with one attached hydrogen (secondary N) is 2. The fraction of sp³-hybridized carbons (Fsp3) is 0.423. The van der Waals surface area contributed by atoms with Gasteiger partial charge in [-0.1, -0.05) is 0 Å². The molecule has 0 atom stereocenters. The molecule has 0 spiro atoms. The molecule has 0 fully saturated rings. The van der Waals surface area contributed by atoms with Crippen LogP contribution in [0.5, 0.6) is 0 Å². The van der Waals surface area contributed by atoms with Gasteiger partial charge in [0.1, 0.15) is 5.69 Å². The number of anilines is 2. The van der Waals surface area contributed by atoms with E-state index in [9.17, 15) is 13.2 Å². The summed E-state index contributed by atoms with van der Waals surface area (Å²) in [6.45, 7) is 8.32. The van der Waals surface area contributed by atoms with Crippen LogP contribution in [0.2, 0.25) is 0 Å². The number of aromatic nitrogens is 3. The Morgan fingerprint density at radius 1 is 1.11 bits per heavy atom. The number of fused-ring (bicyclic) bond motifs is 1. The summed E-state index contributed by atoms with van der Waals surface area (Å²) in [6.07, 6.45) is 2.43. The van der Waals surface area contributed by atoms with Gasteiger partial charge in [-0.2, -0.15) is 0 Å². The molecule has 0 unspecified atom stereocenters. The fourth-order valence-corrected chi connectivity index (χ4v) is 6.22. The van der Waals surface area contributed by atoms with Crippen molar-refractivity contribution in [2.75, 3.05) is 46.1 Å². The molecule has 3 heterocycles. The molecule has 0 bridgehead atoms. The summed E-state index contributed by atoms with van der Waals surface area (Å²) in [5.74, 6) is 0.320. The number of amides is 1. The summed E-state index contributed by atoms with van der Waals surface area (Å²) < 4.78 is 29.7. The number of hydrogen-bond acceptors (Lipinski definition) is 7. The van der Waals surface area contributed by atoms with Crippen LogP contribution < -0.4 is 10.6 Å². The number of carbonyl (C=O) groups excluding carboxylic acids is 1. The van der Waals surface area contributed by atoms with E-state index in [1.54, 1.807) is 38.4 Å². The van der Waals surface area contributed by atoms with Crippen molar-refractivity contribution in [2.24, 2.45) is 0 Å². The molecule has 11 heteroatoms. The normalized spacial score (nSPS) is 13.7. The third-order valence-corrected chi connectivity index (χ3v) is 8.73. The molecular weight excluding hydrogens is 490 g/mol. The minimum absolute atomic E-state index is 0.0700. The molecule has 0 saturated heterocycles. The first-order valence-electron chi connectivity index (χ1n) is 12.3. The van der Waals surface area contributed by atoms with Crippen molar-refractivity contribution in [3.63, 3.8) is 0 Å². The Labute approximate surface area is 218 Å². The van der Waals surface area contributed by atoms with Gasteiger partial charge in [0.15, 0.2) is 0 Å². The second kappa shape index (κ2) is 10.6. The highest BCUT2D eigenvalue weighted by molar-refractivity contribution is 7.89. The number of hydrogen-bond donors (Lipinski definition) is 2. The van der Waals surface area contributed by atoms with Gasteiger partial charge in [0, 0.05) is 49.8 Å². The fourth-order valence-electron chi connectivity index (χ4n) is 4.81. The molecular formula is C26H35N7O3S. The molecule has 198 valence electrons. The van der Waals surface area contributed by atoms with E-state index in [-0.39, 0.29) is 10.8 Å². The molecule has 2 aromatic heterocycles. The Hall–Kier alpha value is -3.28. The quantitative estimate of drug-likeness (QED) is 0.442. The van der Waals surface area contributed by atoms with E-state index in [1.807, 2.05) is 43.5 Å². The number of carbonyl (C=O) groups is 1. The Balaban J connectivity index is 1.56. The van der Waals surface area contributed by atoms with Crippen molar-refractivity contribution < 1.29 is 13.2 Å². The molecule has 1 aromatic carbocycles. The van der Waals surface area contributed by atoms with E-state index in [2.05, 4.69) is 15.6 Å². The topological polar surface area (TPSA) is 112 Å². The van der Waals surface area contributed by atoms with Crippen molar-refractivity contribution in [1.29, 1.82) is 0 Å². The molecule has 0 aliphatic carbocycles. The molecule has 1 aliphatic heterocycles. The second-order valence-electron chi connectivity index (χ2n) is 9.70. The van der Waals surface area contributed by atoms with Gasteiger partial charge in [-0.15, -0.1) is 0 Å². The van der Waals surface area contributed by atoms with E-state index < -0.39 is 10.0 Å². The average molecular weight is 526 g/mol. The maximum absolute atomic E-state index is 13.1. The monoisotopic (exact) mass is 525 g/mol. The second-order valence-corrected chi connectivity index (χ2v) is 11.7. The summed E-state index contributed by atoms with van der Waals surface area (Å²) in [4.78, 5) is 23.8. The summed E-state index contributed by atoms with van der Waals surface area (Å²) >= 11 is 0. The lowest BCUT2D eigenvalue weighted by molar-refractivity contribution is 0.0926. The average Bonchev–Trinajstić information content (AvgIpc) is 3.09. The summed E-state index contributed by atoms with van der Waals surface area (Å²) in [5.41, 5.74) is 5.52. The lowest BCUT2D eigenvalue weighted by Crippen LogP contribution is -2.35. The van der Waals surface area contributed by atoms with E-state index in [0.29, 0.717) is 36.0 Å². The number of rotatable bonds is 9. The molecule has 4 rings (SSSR count). The first-order valence-corrected chi connectivity index (χ1v) is 13.7. The predicted molar refractivity (Wildman–Crippen MR) is 145 cm³/mol. The van der Waals surface area contributed by atoms with Crippen molar-refractivity contribution in [2.45, 2.75) is 38.6 Å². The van der Waals surface area contributed by atoms with Crippen molar-refractivity contribution in [3.8, 4) is 11.3 Å². The van der Waals surface area contributed by atoms with E-state index in [4.69, 9.17) is 4.98 Å². The van der Waals surface area contributed by atoms with Crippen molar-refractivity contribution in [3.05, 3.63) is 53.0 Å². The molecule has 3 aromatic rings. The van der Waals surface area contributed by atoms with Crippen LogP contribution in [0.1, 0.15) is 33.7 Å². The molecule has 10 nitrogen and oxygen atoms in total. The van der Waals surface area contributed by atoms with Crippen LogP contribution in [0.25, 0.3) is 11.3 Å². The third-order valence-electron chi connectivity index (χ3n) is 6.71. The largest absolute Gasteiger partial charge is 0.349 e. The summed E-state index contributed by atoms with van der Waals surface area (Å²) in [5, 5.41) is 6.10. The first kappa shape index (κ1) is 26.8. The lowest BCUT2D eigenvalue weighted by atomic mass is 10.1. The Morgan fingerprint density at radius 2 is 1.86 bits per heavy atom. The molecule has 1 amide bonds. The standard InChI is InChI=1S/C26H35N7O3S/c1-17-16-20(8-9-22(17)37(35,36)32(6)14-7-13-31(4)5)29-26-28-11-10-21(30-26)23-18(2)24-25(34)27-12-15-33(24)19(23)3/h8-11,16H,7,12-15H2,1-6H3,(H,27,34)(H,28,29,30). The Kier molecular flexibility index (Phi) is 7.67. The van der Waals surface area contributed by atoms with Crippen LogP contribution in [0.4, 0.5) is 11.6 Å². The number of benzene rings is 1. The number of aryl methyl sites for hydroxylation is 1. The lowest BCUT2D eigenvalue weighted by Gasteiger charge is -2.20. The minimum Gasteiger partial charge on any atom is -0.349 e. The Morgan fingerprint density at radius 3 is 2.54 bits per heavy atom. The van der Waals surface area contributed by atoms with Gasteiger partial charge in [0.25, 0.3) is 5.91 Å². The van der Waals surface area contributed by atoms with Gasteiger partial charge in [-0.3, -0.25) is 4.79 Å². The van der Waals surface area contributed by atoms with Crippen LogP contribution in [0.3, 0.4) is 0 Å². The maximum atomic E-state index is 13.1. The minimum atomic E-state index is -3.59. The molecule has 0 radical (unpaired) electrons. The van der Waals surface area contributed by atoms with Gasteiger partial charge in [0.2, 0.25) is 16.0 Å². The highest BCUT2D eigenvalue weighted by Gasteiger charge is 2.27. The molecule has 2 N–H and O–H groups in total. The van der Waals surface area contributed by atoms with Gasteiger partial charge >= 0.3 is 0 Å². The van der Waals surface area contributed by atoms with Crippen LogP contribution in [-0.4, -0.2) is 78.8 Å². The SMILES string of the molecule is Cc1cc(Nc2nccc(-c3c(C)c4n(c3C)CCNC4=O)n2)ccc1S(=O)(=O)N(C)CCCN(C)C. The van der Waals surface area contributed by atoms with Gasteiger partial charge in [-0.25, -0.2) is 22.7 Å². The van der Waals surface area contributed by atoms with Crippen LogP contribution >= 0.6 is 0 Å². The zero-order chi connectivity index (χ0) is 26.9. The smallest absolute Gasteiger partial charge is 0.268 e. The van der Waals surface area contributed by atoms with Crippen LogP contribution in [-0.2, 0) is 16.6 Å². The van der Waals surface area contributed by atoms with Crippen LogP contribution in [0, 0.1) is 20.8 Å². The van der Waals surface area contributed by atoms with Crippen molar-refractivity contribution in [1.82, 2.24) is 29.1 Å². The van der Waals surface area contributed by atoms with Gasteiger partial charge in [0.05, 0.1) is 10.6 Å². The van der Waals surface area contributed by atoms with Gasteiger partial charge < -0.3 is 20.1 Å². The first-order chi connectivity index (χ1) is 17.5. The van der Waals surface area contributed by atoms with Gasteiger partial charge in [-0.05, 0) is 83.2 Å². The molecule has 0 saturated carbocycles. The van der Waals surface area contributed by atoms with E-state index in [1.165, 1.54) is 4.31 Å². The van der Waals surface area contributed by atoms with Crippen LogP contribution in [0.15, 0.2) is 35.4 Å². The van der Waals surface area contributed by atoms with E-state index >= 15 is 0 Å². The predicted octanol–water partition coefficient (Wildman–Crippen LogP) is 2.93. The third kappa shape index (κ3) is 5.39. The highest BCUT2D eigenvalue weighted by Crippen LogP contribution is 2.32. The summed E-state index contributed by atoms with van der Waals surface area (Å²) in [6, 6.07) is 6.96. The molecule has 37 heavy (non-hydrogen) atoms. The highest BCUT2D eigenvalue weighted by atomic mass is 32.2. The zero-order valence-corrected chi connectivity index (χ0v) is 23.1. The summed E-state index contributed by atoms with van der Waals surface area (Å²) in [7, 11) is 1.96. The maximum Gasteiger partial charge on any atom is 0.268 e. The van der Waals surface area contributed by atoms with Crippen molar-refractivity contribution >= 4 is 27.6 Å². The zero-order valence-electron chi connectivity index (χ0n) is 22.3. The van der Waals surface area contributed by atoms with E-state index in [0.717, 1.165) is 42.0 Å². The Bertz CT molecular complexity index is 1430. The molecule has 1 aliphatic rings. The number of sulfonamides is 1. The number of nitrogens with zero attached hydrogens (tertiary/aromatic N) is 5.